The van der Waals surface area contributed by atoms with Crippen molar-refractivity contribution >= 4 is 26.9 Å². The van der Waals surface area contributed by atoms with E-state index in [9.17, 15) is 8.42 Å². The van der Waals surface area contributed by atoms with E-state index in [0.29, 0.717) is 17.1 Å². The second kappa shape index (κ2) is 4.42. The van der Waals surface area contributed by atoms with Gasteiger partial charge in [0.05, 0.1) is 6.26 Å². The molecule has 1 aromatic rings. The predicted octanol–water partition coefficient (Wildman–Crippen LogP) is 1.29. The van der Waals surface area contributed by atoms with Crippen LogP contribution < -0.4 is 9.47 Å². The van der Waals surface area contributed by atoms with E-state index in [4.69, 9.17) is 21.1 Å². The van der Waals surface area contributed by atoms with Gasteiger partial charge in [-0.2, -0.15) is 8.42 Å². The molecule has 0 aliphatic carbocycles. The molecule has 2 rings (SSSR count). The Balaban J connectivity index is 2.23. The molecule has 92 valence electrons. The molecule has 1 aliphatic rings. The fourth-order valence-corrected chi connectivity index (χ4v) is 1.58. The van der Waals surface area contributed by atoms with Gasteiger partial charge in [-0.05, 0) is 18.2 Å². The first-order valence-electron chi connectivity index (χ1n) is 4.48. The van der Waals surface area contributed by atoms with E-state index in [2.05, 4.69) is 9.44 Å². The van der Waals surface area contributed by atoms with Crippen LogP contribution in [0, 0.1) is 0 Å². The fraction of sp³-hybridized carbons (Fsp3) is 0.222. The maximum Gasteiger partial charge on any atom is 0.325 e. The number of nitrogens with zero attached hydrogens (tertiary/aromatic N) is 1. The van der Waals surface area contributed by atoms with Crippen molar-refractivity contribution < 1.29 is 22.2 Å². The lowest BCUT2D eigenvalue weighted by Crippen LogP contribution is -2.00. The molecule has 0 N–H and O–H groups in total. The summed E-state index contributed by atoms with van der Waals surface area (Å²) in [5, 5.41) is 3.20. The molecule has 8 heteroatoms. The molecule has 1 aliphatic heterocycles. The van der Waals surface area contributed by atoms with Gasteiger partial charge in [-0.1, -0.05) is 16.8 Å². The molecule has 0 spiro atoms. The summed E-state index contributed by atoms with van der Waals surface area (Å²) in [7, 11) is -3.67. The van der Waals surface area contributed by atoms with Gasteiger partial charge >= 0.3 is 10.1 Å². The summed E-state index contributed by atoms with van der Waals surface area (Å²) in [6.45, 7) is 0.146. The highest BCUT2D eigenvalue weighted by molar-refractivity contribution is 7.85. The molecule has 0 saturated heterocycles. The maximum atomic E-state index is 10.7. The second-order valence-electron chi connectivity index (χ2n) is 3.23. The Kier molecular flexibility index (Phi) is 3.12. The van der Waals surface area contributed by atoms with Crippen LogP contribution in [0.1, 0.15) is 5.56 Å². The highest BCUT2D eigenvalue weighted by Gasteiger charge is 2.15. The third kappa shape index (κ3) is 3.01. The smallest absolute Gasteiger partial charge is 0.325 e. The third-order valence-electron chi connectivity index (χ3n) is 1.86. The molecular weight excluding hydrogens is 270 g/mol. The molecule has 0 aromatic heterocycles. The molecular formula is C9H8ClNO5S. The summed E-state index contributed by atoms with van der Waals surface area (Å²) in [6, 6.07) is 4.85. The number of ether oxygens (including phenoxy) is 2. The first-order valence-corrected chi connectivity index (χ1v) is 6.67. The van der Waals surface area contributed by atoms with E-state index >= 15 is 0 Å². The zero-order valence-electron chi connectivity index (χ0n) is 8.71. The number of oxime groups is 1. The van der Waals surface area contributed by atoms with Gasteiger partial charge in [0.15, 0.2) is 16.7 Å². The van der Waals surface area contributed by atoms with E-state index in [0.717, 1.165) is 6.26 Å². The van der Waals surface area contributed by atoms with E-state index in [1.165, 1.54) is 0 Å². The van der Waals surface area contributed by atoms with Crippen molar-refractivity contribution in [2.24, 2.45) is 5.16 Å². The minimum absolute atomic E-state index is 0.0891. The van der Waals surface area contributed by atoms with Gasteiger partial charge in [0.2, 0.25) is 6.79 Å². The Morgan fingerprint density at radius 3 is 2.82 bits per heavy atom. The van der Waals surface area contributed by atoms with E-state index in [1.807, 2.05) is 0 Å². The van der Waals surface area contributed by atoms with Crippen LogP contribution in [0.2, 0.25) is 0 Å². The first-order chi connectivity index (χ1) is 7.96. The molecule has 0 saturated carbocycles. The van der Waals surface area contributed by atoms with Crippen LogP contribution >= 0.6 is 11.6 Å². The van der Waals surface area contributed by atoms with Crippen LogP contribution in [0.25, 0.3) is 0 Å². The fourth-order valence-electron chi connectivity index (χ4n) is 1.18. The quantitative estimate of drug-likeness (QED) is 0.615. The van der Waals surface area contributed by atoms with Crippen molar-refractivity contribution in [2.75, 3.05) is 13.0 Å². The molecule has 17 heavy (non-hydrogen) atoms. The normalized spacial score (nSPS) is 14.8. The standard InChI is InChI=1S/C9H8ClNO5S/c1-17(12,13)16-11-9(10)6-2-3-7-8(4-6)15-5-14-7/h2-4H,5H2,1H3. The number of rotatable bonds is 3. The van der Waals surface area contributed by atoms with Crippen LogP contribution in [0.4, 0.5) is 0 Å². The number of benzene rings is 1. The van der Waals surface area contributed by atoms with Gasteiger partial charge in [-0.25, -0.2) is 0 Å². The number of hydrogen-bond acceptors (Lipinski definition) is 6. The van der Waals surface area contributed by atoms with Gasteiger partial charge in [-0.3, -0.25) is 4.28 Å². The van der Waals surface area contributed by atoms with Gasteiger partial charge in [0.1, 0.15) is 0 Å². The molecule has 1 aromatic carbocycles. The summed E-state index contributed by atoms with van der Waals surface area (Å²) < 4.78 is 35.9. The highest BCUT2D eigenvalue weighted by Crippen LogP contribution is 2.32. The van der Waals surface area contributed by atoms with Crippen molar-refractivity contribution in [3.8, 4) is 11.5 Å². The van der Waals surface area contributed by atoms with Crippen LogP contribution in [-0.2, 0) is 14.4 Å². The SMILES string of the molecule is CS(=O)(=O)ON=C(Cl)c1ccc2c(c1)OCO2. The van der Waals surface area contributed by atoms with Crippen molar-refractivity contribution in [1.29, 1.82) is 0 Å². The number of hydrogen-bond donors (Lipinski definition) is 0. The Bertz CT molecular complexity index is 569. The predicted molar refractivity (Wildman–Crippen MR) is 60.9 cm³/mol. The Labute approximate surface area is 103 Å². The zero-order chi connectivity index (χ0) is 12.5. The number of fused-ring (bicyclic) bond motifs is 1. The highest BCUT2D eigenvalue weighted by atomic mass is 35.5. The van der Waals surface area contributed by atoms with Crippen molar-refractivity contribution in [1.82, 2.24) is 0 Å². The molecule has 0 bridgehead atoms. The minimum Gasteiger partial charge on any atom is -0.454 e. The number of halogens is 1. The molecule has 0 fully saturated rings. The van der Waals surface area contributed by atoms with Crippen LogP contribution in [-0.4, -0.2) is 26.6 Å². The summed E-state index contributed by atoms with van der Waals surface area (Å²) in [6.07, 6.45) is 0.875. The molecule has 0 amide bonds. The molecule has 6 nitrogen and oxygen atoms in total. The van der Waals surface area contributed by atoms with E-state index in [1.54, 1.807) is 18.2 Å². The molecule has 0 unspecified atom stereocenters. The first kappa shape index (κ1) is 12.0. The van der Waals surface area contributed by atoms with Crippen molar-refractivity contribution in [2.45, 2.75) is 0 Å². The van der Waals surface area contributed by atoms with Gasteiger partial charge < -0.3 is 9.47 Å². The van der Waals surface area contributed by atoms with Crippen LogP contribution in [0.15, 0.2) is 23.4 Å². The topological polar surface area (TPSA) is 74.2 Å². The van der Waals surface area contributed by atoms with Crippen molar-refractivity contribution in [3.63, 3.8) is 0 Å². The lowest BCUT2D eigenvalue weighted by atomic mass is 10.2. The maximum absolute atomic E-state index is 10.7. The molecule has 1 heterocycles. The lowest BCUT2D eigenvalue weighted by molar-refractivity contribution is 0.174. The monoisotopic (exact) mass is 277 g/mol. The molecule has 0 atom stereocenters. The van der Waals surface area contributed by atoms with Gasteiger partial charge in [-0.15, -0.1) is 0 Å². The average molecular weight is 278 g/mol. The van der Waals surface area contributed by atoms with Gasteiger partial charge in [0, 0.05) is 5.56 Å². The van der Waals surface area contributed by atoms with Crippen LogP contribution in [0.3, 0.4) is 0 Å². The lowest BCUT2D eigenvalue weighted by Gasteiger charge is -2.00. The second-order valence-corrected chi connectivity index (χ2v) is 5.14. The third-order valence-corrected chi connectivity index (χ3v) is 2.50. The van der Waals surface area contributed by atoms with Crippen LogP contribution in [0.5, 0.6) is 11.5 Å². The minimum atomic E-state index is -3.67. The summed E-state index contributed by atoms with van der Waals surface area (Å²) >= 11 is 5.78. The summed E-state index contributed by atoms with van der Waals surface area (Å²) in [4.78, 5) is 0. The Hall–Kier alpha value is -1.47. The average Bonchev–Trinajstić information content (AvgIpc) is 2.71. The Morgan fingerprint density at radius 2 is 2.12 bits per heavy atom. The Morgan fingerprint density at radius 1 is 1.41 bits per heavy atom. The van der Waals surface area contributed by atoms with Crippen molar-refractivity contribution in [3.05, 3.63) is 23.8 Å². The zero-order valence-corrected chi connectivity index (χ0v) is 10.3. The molecule has 0 radical (unpaired) electrons. The summed E-state index contributed by atoms with van der Waals surface area (Å²) in [5.74, 6) is 1.12. The van der Waals surface area contributed by atoms with E-state index in [-0.39, 0.29) is 12.0 Å². The van der Waals surface area contributed by atoms with Gasteiger partial charge in [0.25, 0.3) is 0 Å². The largest absolute Gasteiger partial charge is 0.454 e. The van der Waals surface area contributed by atoms with E-state index < -0.39 is 10.1 Å². The summed E-state index contributed by atoms with van der Waals surface area (Å²) in [5.41, 5.74) is 0.472.